The minimum atomic E-state index is -0.902. The third-order valence-corrected chi connectivity index (χ3v) is 2.35. The van der Waals surface area contributed by atoms with Crippen molar-refractivity contribution in [1.82, 2.24) is 20.6 Å². The van der Waals surface area contributed by atoms with E-state index < -0.39 is 11.9 Å². The van der Waals surface area contributed by atoms with Gasteiger partial charge < -0.3 is 20.7 Å². The van der Waals surface area contributed by atoms with Crippen molar-refractivity contribution in [3.63, 3.8) is 0 Å². The van der Waals surface area contributed by atoms with Crippen LogP contribution in [-0.4, -0.2) is 33.6 Å². The number of carboxylic acid groups (broad SMARTS) is 1. The fourth-order valence-electron chi connectivity index (χ4n) is 1.24. The van der Waals surface area contributed by atoms with Gasteiger partial charge in [-0.15, -0.1) is 0 Å². The molecular formula is C10H16N4O3. The van der Waals surface area contributed by atoms with Gasteiger partial charge in [0.25, 0.3) is 0 Å². The molecule has 0 aliphatic heterocycles. The first-order valence-corrected chi connectivity index (χ1v) is 5.35. The number of aromatic nitrogens is 2. The van der Waals surface area contributed by atoms with Crippen LogP contribution in [0.1, 0.15) is 19.0 Å². The van der Waals surface area contributed by atoms with E-state index in [1.165, 1.54) is 6.33 Å². The summed E-state index contributed by atoms with van der Waals surface area (Å²) in [6.07, 6.45) is 3.61. The van der Waals surface area contributed by atoms with Gasteiger partial charge in [-0.2, -0.15) is 0 Å². The quantitative estimate of drug-likeness (QED) is 0.574. The summed E-state index contributed by atoms with van der Waals surface area (Å²) in [6.45, 7) is 2.22. The Kier molecular flexibility index (Phi) is 4.99. The van der Waals surface area contributed by atoms with Crippen LogP contribution in [-0.2, 0) is 11.3 Å². The summed E-state index contributed by atoms with van der Waals surface area (Å²) < 4.78 is 0. The van der Waals surface area contributed by atoms with Gasteiger partial charge in [-0.25, -0.2) is 9.78 Å². The number of aliphatic carboxylic acids is 1. The molecule has 17 heavy (non-hydrogen) atoms. The average Bonchev–Trinajstić information content (AvgIpc) is 2.79. The normalized spacial score (nSPS) is 11.8. The number of hydrogen-bond donors (Lipinski definition) is 4. The smallest absolute Gasteiger partial charge is 0.315 e. The molecule has 0 saturated carbocycles. The SMILES string of the molecule is CCC(CNC(=O)NCc1cnc[nH]1)C(=O)O. The van der Waals surface area contributed by atoms with E-state index in [1.54, 1.807) is 13.1 Å². The third-order valence-electron chi connectivity index (χ3n) is 2.35. The van der Waals surface area contributed by atoms with E-state index >= 15 is 0 Å². The molecule has 0 spiro atoms. The molecule has 4 N–H and O–H groups in total. The predicted octanol–water partition coefficient (Wildman–Crippen LogP) is 0.320. The molecule has 2 amide bonds. The first-order chi connectivity index (χ1) is 8.13. The Morgan fingerprint density at radius 2 is 2.29 bits per heavy atom. The second kappa shape index (κ2) is 6.51. The van der Waals surface area contributed by atoms with Crippen molar-refractivity contribution in [2.75, 3.05) is 6.54 Å². The number of hydrogen-bond acceptors (Lipinski definition) is 3. The van der Waals surface area contributed by atoms with Crippen LogP contribution in [0.4, 0.5) is 4.79 Å². The first kappa shape index (κ1) is 13.0. The Hall–Kier alpha value is -2.05. The minimum absolute atomic E-state index is 0.126. The van der Waals surface area contributed by atoms with E-state index in [9.17, 15) is 9.59 Å². The molecule has 1 aromatic heterocycles. The summed E-state index contributed by atoms with van der Waals surface area (Å²) >= 11 is 0. The van der Waals surface area contributed by atoms with Crippen molar-refractivity contribution in [3.8, 4) is 0 Å². The number of nitrogens with zero attached hydrogens (tertiary/aromatic N) is 1. The van der Waals surface area contributed by atoms with E-state index in [0.717, 1.165) is 5.69 Å². The second-order valence-corrected chi connectivity index (χ2v) is 3.58. The standard InChI is InChI=1S/C10H16N4O3/c1-2-7(9(15)16)3-12-10(17)13-5-8-4-11-6-14-8/h4,6-7H,2-3,5H2,1H3,(H,11,14)(H,15,16)(H2,12,13,17). The number of nitrogens with one attached hydrogen (secondary N) is 3. The molecule has 0 aliphatic carbocycles. The molecule has 7 nitrogen and oxygen atoms in total. The van der Waals surface area contributed by atoms with Crippen LogP contribution in [0.5, 0.6) is 0 Å². The zero-order valence-electron chi connectivity index (χ0n) is 9.56. The van der Waals surface area contributed by atoms with Crippen LogP contribution in [0, 0.1) is 5.92 Å². The predicted molar refractivity (Wildman–Crippen MR) is 60.2 cm³/mol. The second-order valence-electron chi connectivity index (χ2n) is 3.58. The highest BCUT2D eigenvalue weighted by molar-refractivity contribution is 5.75. The molecule has 1 aromatic rings. The maximum absolute atomic E-state index is 11.3. The number of imidazole rings is 1. The van der Waals surface area contributed by atoms with Crippen molar-refractivity contribution in [1.29, 1.82) is 0 Å². The Morgan fingerprint density at radius 1 is 1.53 bits per heavy atom. The maximum atomic E-state index is 11.3. The number of carboxylic acids is 1. The van der Waals surface area contributed by atoms with Gasteiger partial charge in [0.15, 0.2) is 0 Å². The summed E-state index contributed by atoms with van der Waals surface area (Å²) in [5, 5.41) is 13.9. The Bertz CT molecular complexity index is 364. The van der Waals surface area contributed by atoms with Gasteiger partial charge in [0.2, 0.25) is 0 Å². The van der Waals surface area contributed by atoms with Crippen molar-refractivity contribution < 1.29 is 14.7 Å². The third kappa shape index (κ3) is 4.54. The van der Waals surface area contributed by atoms with E-state index in [-0.39, 0.29) is 12.6 Å². The van der Waals surface area contributed by atoms with Gasteiger partial charge in [-0.1, -0.05) is 6.92 Å². The molecule has 1 unspecified atom stereocenters. The number of amides is 2. The van der Waals surface area contributed by atoms with Gasteiger partial charge in [-0.3, -0.25) is 4.79 Å². The molecule has 0 fully saturated rings. The summed E-state index contributed by atoms with van der Waals surface area (Å²) in [5.41, 5.74) is 0.783. The number of aromatic amines is 1. The van der Waals surface area contributed by atoms with Crippen LogP contribution in [0.15, 0.2) is 12.5 Å². The van der Waals surface area contributed by atoms with Crippen LogP contribution >= 0.6 is 0 Å². The lowest BCUT2D eigenvalue weighted by atomic mass is 10.1. The van der Waals surface area contributed by atoms with Gasteiger partial charge in [0.1, 0.15) is 0 Å². The number of rotatable bonds is 6. The van der Waals surface area contributed by atoms with E-state index in [0.29, 0.717) is 13.0 Å². The molecule has 0 bridgehead atoms. The van der Waals surface area contributed by atoms with Crippen LogP contribution in [0.2, 0.25) is 0 Å². The highest BCUT2D eigenvalue weighted by atomic mass is 16.4. The molecule has 1 rings (SSSR count). The zero-order valence-corrected chi connectivity index (χ0v) is 9.56. The topological polar surface area (TPSA) is 107 Å². The summed E-state index contributed by atoms with van der Waals surface area (Å²) in [6, 6.07) is -0.390. The first-order valence-electron chi connectivity index (χ1n) is 5.35. The van der Waals surface area contributed by atoms with Crippen LogP contribution in [0.25, 0.3) is 0 Å². The van der Waals surface area contributed by atoms with Gasteiger partial charge >= 0.3 is 12.0 Å². The largest absolute Gasteiger partial charge is 0.481 e. The molecule has 94 valence electrons. The molecular weight excluding hydrogens is 224 g/mol. The van der Waals surface area contributed by atoms with Crippen LogP contribution < -0.4 is 10.6 Å². The zero-order chi connectivity index (χ0) is 12.7. The molecule has 0 aliphatic rings. The van der Waals surface area contributed by atoms with Gasteiger partial charge in [0.05, 0.1) is 24.5 Å². The Labute approximate surface area is 98.6 Å². The lowest BCUT2D eigenvalue weighted by Crippen LogP contribution is -2.39. The van der Waals surface area contributed by atoms with E-state index in [2.05, 4.69) is 20.6 Å². The highest BCUT2D eigenvalue weighted by Crippen LogP contribution is 2.00. The highest BCUT2D eigenvalue weighted by Gasteiger charge is 2.15. The number of carbonyl (C=O) groups is 2. The van der Waals surface area contributed by atoms with Crippen molar-refractivity contribution >= 4 is 12.0 Å². The van der Waals surface area contributed by atoms with E-state index in [1.807, 2.05) is 0 Å². The molecule has 0 aromatic carbocycles. The van der Waals surface area contributed by atoms with Gasteiger partial charge in [0, 0.05) is 12.7 Å². The van der Waals surface area contributed by atoms with Gasteiger partial charge in [-0.05, 0) is 6.42 Å². The van der Waals surface area contributed by atoms with E-state index in [4.69, 9.17) is 5.11 Å². The molecule has 0 radical (unpaired) electrons. The molecule has 7 heteroatoms. The number of urea groups is 1. The number of carbonyl (C=O) groups excluding carboxylic acids is 1. The summed E-state index contributed by atoms with van der Waals surface area (Å²) in [7, 11) is 0. The Balaban J connectivity index is 2.23. The lowest BCUT2D eigenvalue weighted by molar-refractivity contribution is -0.141. The van der Waals surface area contributed by atoms with Crippen molar-refractivity contribution in [2.24, 2.45) is 5.92 Å². The summed E-state index contributed by atoms with van der Waals surface area (Å²) in [5.74, 6) is -1.45. The summed E-state index contributed by atoms with van der Waals surface area (Å²) in [4.78, 5) is 28.7. The van der Waals surface area contributed by atoms with Crippen molar-refractivity contribution in [3.05, 3.63) is 18.2 Å². The number of H-pyrrole nitrogens is 1. The lowest BCUT2D eigenvalue weighted by Gasteiger charge is -2.11. The fourth-order valence-corrected chi connectivity index (χ4v) is 1.24. The Morgan fingerprint density at radius 3 is 2.82 bits per heavy atom. The van der Waals surface area contributed by atoms with Crippen molar-refractivity contribution in [2.45, 2.75) is 19.9 Å². The van der Waals surface area contributed by atoms with Crippen LogP contribution in [0.3, 0.4) is 0 Å². The minimum Gasteiger partial charge on any atom is -0.481 e. The molecule has 1 heterocycles. The maximum Gasteiger partial charge on any atom is 0.315 e. The monoisotopic (exact) mass is 240 g/mol. The molecule has 0 saturated heterocycles. The fraction of sp³-hybridized carbons (Fsp3) is 0.500. The average molecular weight is 240 g/mol. The molecule has 1 atom stereocenters.